The van der Waals surface area contributed by atoms with E-state index < -0.39 is 24.0 Å². The minimum Gasteiger partial charge on any atom is -0.487 e. The molecule has 228 valence electrons. The van der Waals surface area contributed by atoms with Crippen LogP contribution in [0.5, 0.6) is 11.5 Å². The number of fused-ring (bicyclic) bond motifs is 7. The number of ether oxygens (including phenoxy) is 2. The first-order valence-electron chi connectivity index (χ1n) is 13.5. The number of aromatic amines is 1. The van der Waals surface area contributed by atoms with Gasteiger partial charge in [0.05, 0.1) is 18.2 Å². The molecule has 0 saturated carbocycles. The van der Waals surface area contributed by atoms with Crippen molar-refractivity contribution in [2.45, 2.75) is 25.2 Å². The van der Waals surface area contributed by atoms with Gasteiger partial charge in [-0.3, -0.25) is 24.4 Å². The van der Waals surface area contributed by atoms with Gasteiger partial charge in [-0.25, -0.2) is 4.79 Å². The number of carbonyl (C=O) groups excluding carboxylic acids is 2. The van der Waals surface area contributed by atoms with Gasteiger partial charge in [0.15, 0.2) is 12.4 Å². The second kappa shape index (κ2) is 13.6. The monoisotopic (exact) mass is 603 g/mol. The van der Waals surface area contributed by atoms with Gasteiger partial charge in [-0.15, -0.1) is 0 Å². The zero-order valence-electron chi connectivity index (χ0n) is 23.3. The molecule has 7 rings (SSSR count). The lowest BCUT2D eigenvalue weighted by atomic mass is 10.1. The Labute approximate surface area is 250 Å². The number of benzene rings is 2. The van der Waals surface area contributed by atoms with E-state index in [9.17, 15) is 19.5 Å². The van der Waals surface area contributed by atoms with Crippen LogP contribution in [-0.2, 0) is 22.7 Å². The lowest BCUT2D eigenvalue weighted by molar-refractivity contribution is -0.123. The minimum atomic E-state index is -1.22. The number of nitrogens with zero attached hydrogens (tertiary/aromatic N) is 2. The van der Waals surface area contributed by atoms with Crippen LogP contribution >= 0.6 is 0 Å². The summed E-state index contributed by atoms with van der Waals surface area (Å²) in [5.74, 6) is 0.0554. The van der Waals surface area contributed by atoms with E-state index in [-0.39, 0.29) is 42.4 Å². The summed E-state index contributed by atoms with van der Waals surface area (Å²) in [7, 11) is 0. The molecule has 2 atom stereocenters. The lowest BCUT2D eigenvalue weighted by Gasteiger charge is -2.21. The van der Waals surface area contributed by atoms with Crippen LogP contribution in [0.3, 0.4) is 0 Å². The zero-order chi connectivity index (χ0) is 31.1. The summed E-state index contributed by atoms with van der Waals surface area (Å²) in [5, 5.41) is 29.1. The van der Waals surface area contributed by atoms with Gasteiger partial charge in [0.2, 0.25) is 0 Å². The maximum absolute atomic E-state index is 13.4. The number of nitrogens with one attached hydrogen (secondary N) is 3. The molecule has 14 nitrogen and oxygen atoms in total. The van der Waals surface area contributed by atoms with Crippen LogP contribution in [0.25, 0.3) is 11.5 Å². The molecule has 0 aliphatic carbocycles. The Morgan fingerprint density at radius 2 is 1.84 bits per heavy atom. The smallest absolute Gasteiger partial charge is 0.335 e. The first-order chi connectivity index (χ1) is 21.3. The average molecular weight is 604 g/mol. The van der Waals surface area contributed by atoms with Crippen LogP contribution in [0.2, 0.25) is 0 Å². The number of H-pyrrole nitrogens is 1. The fraction of sp³-hybridized carbons (Fsp3) is 0.233. The van der Waals surface area contributed by atoms with Gasteiger partial charge in [-0.1, -0.05) is 12.1 Å². The molecule has 2 amide bonds. The fourth-order valence-electron chi connectivity index (χ4n) is 4.91. The van der Waals surface area contributed by atoms with Gasteiger partial charge in [0, 0.05) is 31.4 Å². The first-order valence-corrected chi connectivity index (χ1v) is 13.5. The van der Waals surface area contributed by atoms with Crippen molar-refractivity contribution in [3.05, 3.63) is 89.3 Å². The highest BCUT2D eigenvalue weighted by molar-refractivity contribution is 5.98. The highest BCUT2D eigenvalue weighted by Gasteiger charge is 2.36. The maximum Gasteiger partial charge on any atom is 0.335 e. The normalized spacial score (nSPS) is 18.4. The summed E-state index contributed by atoms with van der Waals surface area (Å²) >= 11 is 0. The number of carboxylic acid groups (broad SMARTS) is 2. The number of carbonyl (C=O) groups is 4. The highest BCUT2D eigenvalue weighted by atomic mass is 16.5. The quantitative estimate of drug-likeness (QED) is 0.214. The second-order valence-corrected chi connectivity index (χ2v) is 10.0. The SMILES string of the molecule is O=C1COc2cc(C(=O)O)cc(c2)C(=O)N[C@H]2CN(Cc3ccc(-c4ccn[nH]4)o3)C[C@@H]2Oc2ccc(cc2)CN1.O=CO. The number of hydrogen-bond acceptors (Lipinski definition) is 9. The van der Waals surface area contributed by atoms with Gasteiger partial charge in [-0.2, -0.15) is 5.10 Å². The molecule has 4 bridgehead atoms. The molecule has 4 aromatic rings. The third kappa shape index (κ3) is 7.41. The van der Waals surface area contributed by atoms with Crippen molar-refractivity contribution in [2.75, 3.05) is 19.7 Å². The summed E-state index contributed by atoms with van der Waals surface area (Å²) < 4.78 is 17.9. The van der Waals surface area contributed by atoms with Crippen LogP contribution in [-0.4, -0.2) is 81.4 Å². The van der Waals surface area contributed by atoms with Gasteiger partial charge in [0.25, 0.3) is 18.3 Å². The number of carboxylic acids is 1. The van der Waals surface area contributed by atoms with Crippen LogP contribution in [0.1, 0.15) is 32.0 Å². The van der Waals surface area contributed by atoms with Crippen molar-refractivity contribution >= 4 is 24.3 Å². The Balaban J connectivity index is 0.00000123. The molecule has 14 heteroatoms. The zero-order valence-corrected chi connectivity index (χ0v) is 23.3. The van der Waals surface area contributed by atoms with E-state index in [4.69, 9.17) is 23.8 Å². The molecule has 44 heavy (non-hydrogen) atoms. The first kappa shape index (κ1) is 29.8. The van der Waals surface area contributed by atoms with E-state index in [0.717, 1.165) is 17.0 Å². The average Bonchev–Trinajstić information content (AvgIpc) is 3.78. The number of likely N-dealkylation sites (tertiary alicyclic amines) is 1. The molecular formula is C30H29N5O9. The summed E-state index contributed by atoms with van der Waals surface area (Å²) in [6, 6.07) is 16.5. The van der Waals surface area contributed by atoms with Gasteiger partial charge in [0.1, 0.15) is 29.1 Å². The Morgan fingerprint density at radius 3 is 2.57 bits per heavy atom. The van der Waals surface area contributed by atoms with E-state index in [1.54, 1.807) is 6.20 Å². The minimum absolute atomic E-state index is 0.0981. The summed E-state index contributed by atoms with van der Waals surface area (Å²) in [6.07, 6.45) is 1.25. The lowest BCUT2D eigenvalue weighted by Crippen LogP contribution is -2.45. The predicted octanol–water partition coefficient (Wildman–Crippen LogP) is 2.14. The Hall–Kier alpha value is -5.63. The molecule has 2 aromatic heterocycles. The molecule has 0 spiro atoms. The Kier molecular flexibility index (Phi) is 9.20. The number of hydrogen-bond donors (Lipinski definition) is 5. The van der Waals surface area contributed by atoms with Crippen molar-refractivity contribution in [2.24, 2.45) is 0 Å². The van der Waals surface area contributed by atoms with Gasteiger partial charge >= 0.3 is 5.97 Å². The largest absolute Gasteiger partial charge is 0.487 e. The van der Waals surface area contributed by atoms with Crippen LogP contribution in [0.15, 0.2) is 71.3 Å². The number of amides is 2. The Morgan fingerprint density at radius 1 is 1.05 bits per heavy atom. The van der Waals surface area contributed by atoms with E-state index in [0.29, 0.717) is 31.1 Å². The maximum atomic E-state index is 13.4. The van der Waals surface area contributed by atoms with Crippen LogP contribution in [0.4, 0.5) is 0 Å². The summed E-state index contributed by atoms with van der Waals surface area (Å²) in [5.41, 5.74) is 1.61. The molecular weight excluding hydrogens is 574 g/mol. The van der Waals surface area contributed by atoms with Crippen molar-refractivity contribution in [3.8, 4) is 23.0 Å². The summed E-state index contributed by atoms with van der Waals surface area (Å²) in [6.45, 7) is 1.17. The van der Waals surface area contributed by atoms with Crippen LogP contribution in [0, 0.1) is 0 Å². The molecule has 2 aromatic carbocycles. The molecule has 1 saturated heterocycles. The van der Waals surface area contributed by atoms with E-state index in [1.807, 2.05) is 42.5 Å². The van der Waals surface area contributed by atoms with E-state index in [1.165, 1.54) is 18.2 Å². The van der Waals surface area contributed by atoms with Crippen molar-refractivity contribution in [1.82, 2.24) is 25.7 Å². The number of aromatic carboxylic acids is 1. The second-order valence-electron chi connectivity index (χ2n) is 10.0. The van der Waals surface area contributed by atoms with E-state index in [2.05, 4.69) is 25.7 Å². The molecule has 3 aliphatic rings. The standard InChI is InChI=1S/C29H27N5O7.CH2O2/c35-27-16-39-22-10-18(9-19(11-22)29(37)38)28(36)32-24-14-34(13-21-5-6-25(41-21)23-7-8-31-33-23)15-26(24)40-20-3-1-17(2-4-20)12-30-27;2-1-3/h1-11,24,26H,12-16H2,(H,30,35)(H,31,33)(H,32,36)(H,37,38);1H,(H,2,3)/t24-,26-;/m0./s1. The van der Waals surface area contributed by atoms with E-state index >= 15 is 0 Å². The molecule has 5 N–H and O–H groups in total. The van der Waals surface area contributed by atoms with Crippen molar-refractivity contribution in [3.63, 3.8) is 0 Å². The van der Waals surface area contributed by atoms with Crippen LogP contribution < -0.4 is 20.1 Å². The number of rotatable bonds is 4. The highest BCUT2D eigenvalue weighted by Crippen LogP contribution is 2.25. The van der Waals surface area contributed by atoms with Gasteiger partial charge in [-0.05, 0) is 54.1 Å². The molecule has 5 heterocycles. The van der Waals surface area contributed by atoms with Crippen molar-refractivity contribution < 1.29 is 43.3 Å². The third-order valence-corrected chi connectivity index (χ3v) is 6.95. The van der Waals surface area contributed by atoms with Gasteiger partial charge < -0.3 is 34.7 Å². The fourth-order valence-corrected chi connectivity index (χ4v) is 4.91. The predicted molar refractivity (Wildman–Crippen MR) is 153 cm³/mol. The molecule has 3 aliphatic heterocycles. The third-order valence-electron chi connectivity index (χ3n) is 6.95. The number of aromatic nitrogens is 2. The molecule has 0 unspecified atom stereocenters. The Bertz CT molecular complexity index is 1620. The molecule has 1 fully saturated rings. The van der Waals surface area contributed by atoms with Crippen molar-refractivity contribution in [1.29, 1.82) is 0 Å². The number of furan rings is 1. The summed E-state index contributed by atoms with van der Waals surface area (Å²) in [4.78, 5) is 47.9. The topological polar surface area (TPSA) is 196 Å². The molecule has 0 radical (unpaired) electrons.